The van der Waals surface area contributed by atoms with E-state index in [2.05, 4.69) is 0 Å². The Balaban J connectivity index is 2.16. The molecule has 0 N–H and O–H groups in total. The fourth-order valence-electron chi connectivity index (χ4n) is 4.35. The first-order valence-corrected chi connectivity index (χ1v) is 10.4. The number of carbonyl (C=O) groups excluding carboxylic acids is 4. The average Bonchev–Trinajstić information content (AvgIpc) is 2.66. The zero-order chi connectivity index (χ0) is 22.3. The van der Waals surface area contributed by atoms with Gasteiger partial charge in [0.25, 0.3) is 0 Å². The Kier molecular flexibility index (Phi) is 8.87. The van der Waals surface area contributed by atoms with Crippen molar-refractivity contribution in [2.75, 3.05) is 26.4 Å². The molecule has 0 bridgehead atoms. The minimum atomic E-state index is -0.334. The van der Waals surface area contributed by atoms with Crippen LogP contribution in [0.5, 0.6) is 0 Å². The SMILES string of the molecule is CC(=O)OC[C@@H]1CC2=C(C[C@H]1COC(C)=O)C[C@H](COC(C)=O)[C@H](COC(C)=O)C2. The minimum absolute atomic E-state index is 0.0615. The molecule has 0 radical (unpaired) electrons. The van der Waals surface area contributed by atoms with Gasteiger partial charge < -0.3 is 18.9 Å². The molecule has 0 aromatic carbocycles. The van der Waals surface area contributed by atoms with E-state index in [1.165, 1.54) is 38.8 Å². The molecular weight excluding hydrogens is 392 g/mol. The van der Waals surface area contributed by atoms with Crippen LogP contribution < -0.4 is 0 Å². The van der Waals surface area contributed by atoms with Crippen molar-refractivity contribution >= 4 is 23.9 Å². The zero-order valence-corrected chi connectivity index (χ0v) is 18.2. The third-order valence-corrected chi connectivity index (χ3v) is 5.87. The molecule has 0 aliphatic heterocycles. The van der Waals surface area contributed by atoms with E-state index in [0.29, 0.717) is 0 Å². The lowest BCUT2D eigenvalue weighted by Crippen LogP contribution is -2.36. The first-order chi connectivity index (χ1) is 14.2. The van der Waals surface area contributed by atoms with Crippen molar-refractivity contribution < 1.29 is 38.1 Å². The summed E-state index contributed by atoms with van der Waals surface area (Å²) in [7, 11) is 0. The monoisotopic (exact) mass is 424 g/mol. The highest BCUT2D eigenvalue weighted by molar-refractivity contribution is 5.66. The van der Waals surface area contributed by atoms with E-state index in [1.807, 2.05) is 0 Å². The van der Waals surface area contributed by atoms with Gasteiger partial charge in [-0.25, -0.2) is 0 Å². The highest BCUT2D eigenvalue weighted by Crippen LogP contribution is 2.45. The van der Waals surface area contributed by atoms with E-state index in [9.17, 15) is 19.2 Å². The summed E-state index contributed by atoms with van der Waals surface area (Å²) < 4.78 is 21.0. The third-order valence-electron chi connectivity index (χ3n) is 5.87. The van der Waals surface area contributed by atoms with Crippen LogP contribution in [-0.2, 0) is 38.1 Å². The molecule has 0 saturated heterocycles. The summed E-state index contributed by atoms with van der Waals surface area (Å²) >= 11 is 0. The van der Waals surface area contributed by atoms with Crippen LogP contribution in [0.25, 0.3) is 0 Å². The van der Waals surface area contributed by atoms with Gasteiger partial charge in [0.15, 0.2) is 0 Å². The molecule has 0 fully saturated rings. The van der Waals surface area contributed by atoms with Gasteiger partial charge in [0, 0.05) is 51.4 Å². The van der Waals surface area contributed by atoms with Crippen molar-refractivity contribution in [3.8, 4) is 0 Å². The van der Waals surface area contributed by atoms with E-state index < -0.39 is 0 Å². The smallest absolute Gasteiger partial charge is 0.302 e. The Morgan fingerprint density at radius 2 is 0.733 bits per heavy atom. The Bertz CT molecular complexity index is 581. The lowest BCUT2D eigenvalue weighted by Gasteiger charge is -2.41. The third kappa shape index (κ3) is 7.46. The molecule has 30 heavy (non-hydrogen) atoms. The second kappa shape index (κ2) is 11.1. The molecule has 2 rings (SSSR count). The maximum Gasteiger partial charge on any atom is 0.302 e. The van der Waals surface area contributed by atoms with E-state index in [4.69, 9.17) is 18.9 Å². The summed E-state index contributed by atoms with van der Waals surface area (Å²) in [6, 6.07) is 0. The lowest BCUT2D eigenvalue weighted by atomic mass is 9.67. The van der Waals surface area contributed by atoms with Gasteiger partial charge in [-0.1, -0.05) is 11.1 Å². The van der Waals surface area contributed by atoms with Crippen LogP contribution in [0.1, 0.15) is 53.4 Å². The number of allylic oxidation sites excluding steroid dienone is 2. The molecule has 8 heteroatoms. The van der Waals surface area contributed by atoms with Crippen LogP contribution >= 0.6 is 0 Å². The Morgan fingerprint density at radius 3 is 0.900 bits per heavy atom. The van der Waals surface area contributed by atoms with Crippen molar-refractivity contribution in [3.63, 3.8) is 0 Å². The normalized spacial score (nSPS) is 25.7. The van der Waals surface area contributed by atoms with Crippen LogP contribution in [0.2, 0.25) is 0 Å². The predicted octanol–water partition coefficient (Wildman–Crippen LogP) is 2.59. The molecule has 0 amide bonds. The quantitative estimate of drug-likeness (QED) is 0.333. The molecule has 8 nitrogen and oxygen atoms in total. The number of hydrogen-bond acceptors (Lipinski definition) is 8. The molecule has 4 atom stereocenters. The molecule has 0 aromatic heterocycles. The molecule has 0 heterocycles. The molecule has 168 valence electrons. The summed E-state index contributed by atoms with van der Waals surface area (Å²) in [5, 5.41) is 0. The van der Waals surface area contributed by atoms with Gasteiger partial charge in [-0.05, 0) is 25.7 Å². The number of carbonyl (C=O) groups is 4. The standard InChI is InChI=1S/C22H32O8/c1-13(23)27-9-19-5-17-7-21(11-29-15(3)25)22(12-30-16(4)26)8-18(17)6-20(19)10-28-14(2)24/h19-22H,5-12H2,1-4H3/t19-,20-,21-,22+/m0/s1. The topological polar surface area (TPSA) is 105 Å². The van der Waals surface area contributed by atoms with Gasteiger partial charge in [0.05, 0.1) is 26.4 Å². The minimum Gasteiger partial charge on any atom is -0.466 e. The van der Waals surface area contributed by atoms with E-state index in [1.54, 1.807) is 0 Å². The van der Waals surface area contributed by atoms with Gasteiger partial charge in [-0.15, -0.1) is 0 Å². The molecule has 2 aliphatic rings. The molecule has 0 unspecified atom stereocenters. The van der Waals surface area contributed by atoms with Crippen LogP contribution in [0, 0.1) is 23.7 Å². The molecule has 0 spiro atoms. The number of ether oxygens (including phenoxy) is 4. The highest BCUT2D eigenvalue weighted by atomic mass is 16.5. The maximum absolute atomic E-state index is 11.3. The summed E-state index contributed by atoms with van der Waals surface area (Å²) in [4.78, 5) is 45.2. The van der Waals surface area contributed by atoms with E-state index in [-0.39, 0.29) is 74.0 Å². The first-order valence-electron chi connectivity index (χ1n) is 10.4. The van der Waals surface area contributed by atoms with Crippen molar-refractivity contribution in [2.45, 2.75) is 53.4 Å². The number of hydrogen-bond donors (Lipinski definition) is 0. The first kappa shape index (κ1) is 23.9. The van der Waals surface area contributed by atoms with Crippen LogP contribution in [0.15, 0.2) is 11.1 Å². The summed E-state index contributed by atoms with van der Waals surface area (Å²) in [6.07, 6.45) is 2.97. The van der Waals surface area contributed by atoms with Crippen molar-refractivity contribution in [3.05, 3.63) is 11.1 Å². The van der Waals surface area contributed by atoms with E-state index >= 15 is 0 Å². The molecular formula is C22H32O8. The zero-order valence-electron chi connectivity index (χ0n) is 18.2. The summed E-state index contributed by atoms with van der Waals surface area (Å²) in [5.74, 6) is -1.09. The Labute approximate surface area is 177 Å². The summed E-state index contributed by atoms with van der Waals surface area (Å²) in [6.45, 7) is 6.64. The van der Waals surface area contributed by atoms with Crippen molar-refractivity contribution in [1.29, 1.82) is 0 Å². The molecule has 2 aliphatic carbocycles. The second-order valence-corrected chi connectivity index (χ2v) is 8.27. The van der Waals surface area contributed by atoms with E-state index in [0.717, 1.165) is 25.7 Å². The number of rotatable bonds is 8. The molecule has 0 saturated carbocycles. The summed E-state index contributed by atoms with van der Waals surface area (Å²) in [5.41, 5.74) is 2.56. The van der Waals surface area contributed by atoms with Gasteiger partial charge in [-0.2, -0.15) is 0 Å². The highest BCUT2D eigenvalue weighted by Gasteiger charge is 2.38. The van der Waals surface area contributed by atoms with Crippen molar-refractivity contribution in [1.82, 2.24) is 0 Å². The lowest BCUT2D eigenvalue weighted by molar-refractivity contribution is -0.148. The van der Waals surface area contributed by atoms with Crippen LogP contribution in [0.3, 0.4) is 0 Å². The predicted molar refractivity (Wildman–Crippen MR) is 106 cm³/mol. The van der Waals surface area contributed by atoms with Gasteiger partial charge in [-0.3, -0.25) is 19.2 Å². The van der Waals surface area contributed by atoms with Crippen LogP contribution in [0.4, 0.5) is 0 Å². The van der Waals surface area contributed by atoms with Crippen molar-refractivity contribution in [2.24, 2.45) is 23.7 Å². The fourth-order valence-corrected chi connectivity index (χ4v) is 4.35. The van der Waals surface area contributed by atoms with Gasteiger partial charge in [0.1, 0.15) is 0 Å². The second-order valence-electron chi connectivity index (χ2n) is 8.27. The van der Waals surface area contributed by atoms with Gasteiger partial charge >= 0.3 is 23.9 Å². The molecule has 0 aromatic rings. The van der Waals surface area contributed by atoms with Gasteiger partial charge in [0.2, 0.25) is 0 Å². The largest absolute Gasteiger partial charge is 0.466 e. The number of esters is 4. The fraction of sp³-hybridized carbons (Fsp3) is 0.727. The van der Waals surface area contributed by atoms with Crippen LogP contribution in [-0.4, -0.2) is 50.3 Å². The Morgan fingerprint density at radius 1 is 0.533 bits per heavy atom. The Hall–Kier alpha value is -2.38. The average molecular weight is 424 g/mol. The maximum atomic E-state index is 11.3.